The minimum Gasteiger partial charge on any atom is -0.508 e. The van der Waals surface area contributed by atoms with Crippen molar-refractivity contribution in [3.05, 3.63) is 47.8 Å². The van der Waals surface area contributed by atoms with Crippen molar-refractivity contribution >= 4 is 11.9 Å². The molecule has 7 nitrogen and oxygen atoms in total. The highest BCUT2D eigenvalue weighted by molar-refractivity contribution is 6.06. The third kappa shape index (κ3) is 2.40. The van der Waals surface area contributed by atoms with Gasteiger partial charge < -0.3 is 20.7 Å². The lowest BCUT2D eigenvalue weighted by Gasteiger charge is -2.15. The fourth-order valence-corrected chi connectivity index (χ4v) is 3.40. The quantitative estimate of drug-likeness (QED) is 0.661. The van der Waals surface area contributed by atoms with E-state index >= 15 is 0 Å². The van der Waals surface area contributed by atoms with Crippen LogP contribution in [0.15, 0.2) is 36.5 Å². The number of carbonyl (C=O) groups excluding carboxylic acids is 1. The van der Waals surface area contributed by atoms with Crippen LogP contribution >= 0.6 is 0 Å². The maximum absolute atomic E-state index is 12.6. The van der Waals surface area contributed by atoms with Gasteiger partial charge in [-0.1, -0.05) is 12.1 Å². The molecule has 25 heavy (non-hydrogen) atoms. The van der Waals surface area contributed by atoms with Crippen LogP contribution in [0.4, 0.5) is 5.95 Å². The Kier molecular flexibility index (Phi) is 3.42. The average Bonchev–Trinajstić information content (AvgIpc) is 2.89. The van der Waals surface area contributed by atoms with Crippen molar-refractivity contribution in [3.63, 3.8) is 0 Å². The van der Waals surface area contributed by atoms with Crippen molar-refractivity contribution in [1.82, 2.24) is 19.9 Å². The van der Waals surface area contributed by atoms with Gasteiger partial charge in [0.1, 0.15) is 5.75 Å². The second-order valence-corrected chi connectivity index (χ2v) is 5.96. The van der Waals surface area contributed by atoms with E-state index in [4.69, 9.17) is 5.73 Å². The molecule has 4 N–H and O–H groups in total. The molecular formula is C18H17N5O2. The van der Waals surface area contributed by atoms with Crippen molar-refractivity contribution in [3.8, 4) is 28.3 Å². The van der Waals surface area contributed by atoms with Gasteiger partial charge in [0.15, 0.2) is 0 Å². The molecule has 3 aromatic rings. The van der Waals surface area contributed by atoms with E-state index in [9.17, 15) is 9.90 Å². The van der Waals surface area contributed by atoms with Crippen LogP contribution in [0, 0.1) is 0 Å². The van der Waals surface area contributed by atoms with E-state index in [-0.39, 0.29) is 17.6 Å². The lowest BCUT2D eigenvalue weighted by atomic mass is 9.96. The number of fused-ring (bicyclic) bond motifs is 1. The Bertz CT molecular complexity index is 993. The fourth-order valence-electron chi connectivity index (χ4n) is 3.40. The summed E-state index contributed by atoms with van der Waals surface area (Å²) in [7, 11) is 1.91. The first kappa shape index (κ1) is 15.2. The molecule has 0 saturated carbocycles. The molecule has 0 fully saturated rings. The molecule has 0 spiro atoms. The highest BCUT2D eigenvalue weighted by atomic mass is 16.3. The summed E-state index contributed by atoms with van der Waals surface area (Å²) >= 11 is 0. The molecule has 0 radical (unpaired) electrons. The minimum atomic E-state index is -0.122. The molecule has 0 atom stereocenters. The third-order valence-electron chi connectivity index (χ3n) is 4.44. The summed E-state index contributed by atoms with van der Waals surface area (Å²) in [5, 5.41) is 12.8. The van der Waals surface area contributed by atoms with Crippen molar-refractivity contribution in [2.24, 2.45) is 7.05 Å². The Balaban J connectivity index is 2.08. The van der Waals surface area contributed by atoms with E-state index in [1.807, 2.05) is 17.7 Å². The van der Waals surface area contributed by atoms with E-state index < -0.39 is 0 Å². The number of hydrogen-bond acceptors (Lipinski definition) is 5. The van der Waals surface area contributed by atoms with Crippen LogP contribution in [0.25, 0.3) is 22.5 Å². The molecule has 7 heteroatoms. The van der Waals surface area contributed by atoms with Crippen LogP contribution in [0.5, 0.6) is 5.75 Å². The van der Waals surface area contributed by atoms with Crippen molar-refractivity contribution in [2.75, 3.05) is 12.3 Å². The maximum atomic E-state index is 12.6. The number of benzene rings is 1. The number of anilines is 1. The van der Waals surface area contributed by atoms with Gasteiger partial charge in [-0.15, -0.1) is 0 Å². The lowest BCUT2D eigenvalue weighted by Crippen LogP contribution is -2.32. The maximum Gasteiger partial charge on any atom is 0.253 e. The number of rotatable bonds is 2. The largest absolute Gasteiger partial charge is 0.508 e. The number of phenols is 1. The Hall–Kier alpha value is -3.35. The predicted molar refractivity (Wildman–Crippen MR) is 94.0 cm³/mol. The van der Waals surface area contributed by atoms with Gasteiger partial charge in [-0.25, -0.2) is 9.97 Å². The summed E-state index contributed by atoms with van der Waals surface area (Å²) in [5.74, 6) is 0.186. The highest BCUT2D eigenvalue weighted by Crippen LogP contribution is 2.40. The van der Waals surface area contributed by atoms with Gasteiger partial charge in [0.2, 0.25) is 5.95 Å². The third-order valence-corrected chi connectivity index (χ3v) is 4.44. The number of carbonyl (C=O) groups is 1. The summed E-state index contributed by atoms with van der Waals surface area (Å²) in [6.07, 6.45) is 2.32. The Morgan fingerprint density at radius 2 is 2.12 bits per heavy atom. The number of phenolic OH excluding ortho intramolecular Hbond substituents is 1. The molecule has 126 valence electrons. The monoisotopic (exact) mass is 335 g/mol. The van der Waals surface area contributed by atoms with Gasteiger partial charge >= 0.3 is 0 Å². The minimum absolute atomic E-state index is 0.122. The standard InChI is InChI=1S/C18H17N5O2/c1-23-13-6-8-20-17(25)15(13)14(10-3-2-4-11(24)9-10)16(23)12-5-7-21-18(19)22-12/h2-5,7,9,24H,6,8H2,1H3,(H,20,25)(H2,19,21,22). The number of aromatic hydroxyl groups is 1. The number of nitrogens with zero attached hydrogens (tertiary/aromatic N) is 3. The summed E-state index contributed by atoms with van der Waals surface area (Å²) in [5.41, 5.74) is 10.2. The molecule has 0 aliphatic carbocycles. The Morgan fingerprint density at radius 3 is 2.88 bits per heavy atom. The summed E-state index contributed by atoms with van der Waals surface area (Å²) in [6.45, 7) is 0.592. The number of nitrogens with one attached hydrogen (secondary N) is 1. The molecule has 2 aromatic heterocycles. The molecule has 4 rings (SSSR count). The topological polar surface area (TPSA) is 106 Å². The van der Waals surface area contributed by atoms with Gasteiger partial charge in [-0.05, 0) is 23.8 Å². The number of amides is 1. The van der Waals surface area contributed by atoms with Gasteiger partial charge in [-0.3, -0.25) is 4.79 Å². The van der Waals surface area contributed by atoms with Crippen molar-refractivity contribution in [1.29, 1.82) is 0 Å². The van der Waals surface area contributed by atoms with Gasteiger partial charge in [0, 0.05) is 37.5 Å². The highest BCUT2D eigenvalue weighted by Gasteiger charge is 2.30. The van der Waals surface area contributed by atoms with Gasteiger partial charge in [0.25, 0.3) is 5.91 Å². The van der Waals surface area contributed by atoms with Crippen molar-refractivity contribution in [2.45, 2.75) is 6.42 Å². The van der Waals surface area contributed by atoms with E-state index in [1.165, 1.54) is 0 Å². The van der Waals surface area contributed by atoms with E-state index in [0.29, 0.717) is 17.8 Å². The molecular weight excluding hydrogens is 318 g/mol. The second-order valence-electron chi connectivity index (χ2n) is 5.96. The molecule has 1 aliphatic heterocycles. The molecule has 0 unspecified atom stereocenters. The van der Waals surface area contributed by atoms with Gasteiger partial charge in [-0.2, -0.15) is 0 Å². The Morgan fingerprint density at radius 1 is 1.28 bits per heavy atom. The Labute approximate surface area is 144 Å². The fraction of sp³-hybridized carbons (Fsp3) is 0.167. The SMILES string of the molecule is Cn1c2c(c(-c3cccc(O)c3)c1-c1ccnc(N)n1)C(=O)NCC2. The van der Waals surface area contributed by atoms with Crippen molar-refractivity contribution < 1.29 is 9.90 Å². The van der Waals surface area contributed by atoms with Crippen LogP contribution in [0.2, 0.25) is 0 Å². The molecule has 0 bridgehead atoms. The zero-order valence-corrected chi connectivity index (χ0v) is 13.7. The first-order valence-corrected chi connectivity index (χ1v) is 7.94. The number of nitrogen functional groups attached to an aromatic ring is 1. The second kappa shape index (κ2) is 5.62. The number of aromatic nitrogens is 3. The van der Waals surface area contributed by atoms with Gasteiger partial charge in [0.05, 0.1) is 17.0 Å². The first-order chi connectivity index (χ1) is 12.1. The summed E-state index contributed by atoms with van der Waals surface area (Å²) in [6, 6.07) is 8.63. The van der Waals surface area contributed by atoms with E-state index in [2.05, 4.69) is 15.3 Å². The molecule has 1 amide bonds. The molecule has 3 heterocycles. The smallest absolute Gasteiger partial charge is 0.253 e. The van der Waals surface area contributed by atoms with Crippen LogP contribution in [-0.4, -0.2) is 32.1 Å². The normalized spacial score (nSPS) is 13.4. The van der Waals surface area contributed by atoms with Crippen LogP contribution in [-0.2, 0) is 13.5 Å². The predicted octanol–water partition coefficient (Wildman–Crippen LogP) is 1.72. The van der Waals surface area contributed by atoms with Crippen LogP contribution in [0.3, 0.4) is 0 Å². The summed E-state index contributed by atoms with van der Waals surface area (Å²) in [4.78, 5) is 20.9. The van der Waals surface area contributed by atoms with Crippen LogP contribution in [0.1, 0.15) is 16.1 Å². The van der Waals surface area contributed by atoms with E-state index in [0.717, 1.165) is 28.9 Å². The molecule has 1 aromatic carbocycles. The number of hydrogen-bond donors (Lipinski definition) is 3. The molecule has 1 aliphatic rings. The van der Waals surface area contributed by atoms with Crippen LogP contribution < -0.4 is 11.1 Å². The zero-order chi connectivity index (χ0) is 17.6. The van der Waals surface area contributed by atoms with E-state index in [1.54, 1.807) is 30.5 Å². The molecule has 0 saturated heterocycles. The zero-order valence-electron chi connectivity index (χ0n) is 13.7. The lowest BCUT2D eigenvalue weighted by molar-refractivity contribution is 0.0946. The average molecular weight is 335 g/mol. The number of nitrogens with two attached hydrogens (primary N) is 1. The first-order valence-electron chi connectivity index (χ1n) is 7.94. The summed E-state index contributed by atoms with van der Waals surface area (Å²) < 4.78 is 1.98.